The van der Waals surface area contributed by atoms with Crippen molar-refractivity contribution < 1.29 is 14.7 Å². The topological polar surface area (TPSA) is 75.4 Å². The Labute approximate surface area is 182 Å². The fourth-order valence-electron chi connectivity index (χ4n) is 3.70. The summed E-state index contributed by atoms with van der Waals surface area (Å²) in [6, 6.07) is 15.7. The number of aliphatic hydroxyl groups excluding tert-OH is 1. The van der Waals surface area contributed by atoms with Crippen LogP contribution in [0.15, 0.2) is 83.4 Å². The normalized spacial score (nSPS) is 18.2. The van der Waals surface area contributed by atoms with Crippen LogP contribution >= 0.6 is 15.9 Å². The van der Waals surface area contributed by atoms with Crippen molar-refractivity contribution in [3.05, 3.63) is 94.5 Å². The van der Waals surface area contributed by atoms with Crippen LogP contribution in [0.3, 0.4) is 0 Å². The fraction of sp³-hybridized carbons (Fsp3) is 0.174. The molecule has 1 aliphatic heterocycles. The summed E-state index contributed by atoms with van der Waals surface area (Å²) in [4.78, 5) is 31.4. The minimum absolute atomic E-state index is 0.121. The van der Waals surface area contributed by atoms with Gasteiger partial charge in [0.2, 0.25) is 0 Å². The minimum atomic E-state index is -0.660. The van der Waals surface area contributed by atoms with Crippen LogP contribution in [0.5, 0.6) is 0 Å². The lowest BCUT2D eigenvalue weighted by atomic mass is 9.95. The van der Waals surface area contributed by atoms with E-state index in [1.54, 1.807) is 41.7 Å². The van der Waals surface area contributed by atoms with Crippen molar-refractivity contribution in [1.82, 2.24) is 14.5 Å². The third kappa shape index (κ3) is 3.93. The average Bonchev–Trinajstić information content (AvgIpc) is 3.37. The molecule has 2 heterocycles. The van der Waals surface area contributed by atoms with Crippen molar-refractivity contribution in [3.63, 3.8) is 0 Å². The molecule has 30 heavy (non-hydrogen) atoms. The number of amides is 1. The number of rotatable bonds is 6. The summed E-state index contributed by atoms with van der Waals surface area (Å²) in [6.45, 7) is 1.06. The number of aliphatic hydroxyl groups is 1. The van der Waals surface area contributed by atoms with Gasteiger partial charge in [0.15, 0.2) is 0 Å². The molecule has 0 saturated carbocycles. The third-order valence-corrected chi connectivity index (χ3v) is 5.68. The van der Waals surface area contributed by atoms with Crippen LogP contribution in [0.2, 0.25) is 0 Å². The number of nitrogens with zero attached hydrogens (tertiary/aromatic N) is 3. The van der Waals surface area contributed by atoms with Gasteiger partial charge in [-0.15, -0.1) is 0 Å². The number of aromatic nitrogens is 2. The van der Waals surface area contributed by atoms with Gasteiger partial charge in [-0.25, -0.2) is 4.98 Å². The Bertz CT molecular complexity index is 1080. The first kappa shape index (κ1) is 20.1. The van der Waals surface area contributed by atoms with Crippen LogP contribution < -0.4 is 0 Å². The number of aryl methyl sites for hydroxylation is 1. The van der Waals surface area contributed by atoms with Crippen molar-refractivity contribution in [1.29, 1.82) is 0 Å². The van der Waals surface area contributed by atoms with Crippen LogP contribution in [0.1, 0.15) is 23.6 Å². The largest absolute Gasteiger partial charge is 0.507 e. The van der Waals surface area contributed by atoms with E-state index < -0.39 is 17.7 Å². The maximum absolute atomic E-state index is 12.9. The molecule has 4 rings (SSSR count). The number of carbonyl (C=O) groups excluding carboxylic acids is 2. The molecule has 152 valence electrons. The highest BCUT2D eigenvalue weighted by Crippen LogP contribution is 2.39. The van der Waals surface area contributed by atoms with Gasteiger partial charge < -0.3 is 14.6 Å². The summed E-state index contributed by atoms with van der Waals surface area (Å²) in [7, 11) is 0. The molecule has 0 aliphatic carbocycles. The molecule has 1 aromatic heterocycles. The maximum atomic E-state index is 12.9. The number of carbonyl (C=O) groups is 2. The molecule has 6 nitrogen and oxygen atoms in total. The monoisotopic (exact) mass is 465 g/mol. The van der Waals surface area contributed by atoms with Gasteiger partial charge in [-0.1, -0.05) is 58.4 Å². The van der Waals surface area contributed by atoms with Crippen LogP contribution in [0, 0.1) is 0 Å². The number of ketones is 1. The molecular formula is C23H20BrN3O3. The van der Waals surface area contributed by atoms with Gasteiger partial charge in [0.05, 0.1) is 17.9 Å². The second-order valence-corrected chi connectivity index (χ2v) is 7.98. The van der Waals surface area contributed by atoms with Gasteiger partial charge in [-0.05, 0) is 24.1 Å². The molecule has 7 heteroatoms. The Hall–Kier alpha value is -3.19. The summed E-state index contributed by atoms with van der Waals surface area (Å²) in [5.74, 6) is -1.41. The minimum Gasteiger partial charge on any atom is -0.507 e. The molecule has 1 atom stereocenters. The van der Waals surface area contributed by atoms with Crippen molar-refractivity contribution in [2.75, 3.05) is 6.54 Å². The van der Waals surface area contributed by atoms with Crippen LogP contribution in [0.25, 0.3) is 5.76 Å². The number of imidazole rings is 1. The molecule has 0 bridgehead atoms. The molecule has 3 aromatic rings. The Morgan fingerprint density at radius 1 is 1.03 bits per heavy atom. The van der Waals surface area contributed by atoms with E-state index in [0.717, 1.165) is 10.0 Å². The molecule has 1 fully saturated rings. The Morgan fingerprint density at radius 2 is 1.77 bits per heavy atom. The van der Waals surface area contributed by atoms with Gasteiger partial charge in [0.1, 0.15) is 5.76 Å². The van der Waals surface area contributed by atoms with Gasteiger partial charge in [0.25, 0.3) is 11.7 Å². The second kappa shape index (κ2) is 8.67. The highest BCUT2D eigenvalue weighted by Gasteiger charge is 2.45. The first-order valence-electron chi connectivity index (χ1n) is 9.61. The quantitative estimate of drug-likeness (QED) is 0.337. The first-order chi connectivity index (χ1) is 14.6. The lowest BCUT2D eigenvalue weighted by molar-refractivity contribution is -0.139. The third-order valence-electron chi connectivity index (χ3n) is 5.15. The van der Waals surface area contributed by atoms with Crippen LogP contribution in [-0.4, -0.2) is 37.8 Å². The molecule has 1 unspecified atom stereocenters. The molecule has 1 N–H and O–H groups in total. The van der Waals surface area contributed by atoms with E-state index in [4.69, 9.17) is 0 Å². The summed E-state index contributed by atoms with van der Waals surface area (Å²) in [5, 5.41) is 10.9. The number of likely N-dealkylation sites (tertiary alicyclic amines) is 1. The first-order valence-corrected chi connectivity index (χ1v) is 10.4. The predicted octanol–water partition coefficient (Wildman–Crippen LogP) is 4.16. The molecule has 2 aromatic carbocycles. The number of Topliss-reactive ketones (excluding diaryl/α,β-unsaturated/α-hetero) is 1. The van der Waals surface area contributed by atoms with E-state index in [9.17, 15) is 14.7 Å². The summed E-state index contributed by atoms with van der Waals surface area (Å²) < 4.78 is 2.82. The van der Waals surface area contributed by atoms with Crippen LogP contribution in [-0.2, 0) is 16.1 Å². The summed E-state index contributed by atoms with van der Waals surface area (Å²) in [5.41, 5.74) is 1.41. The van der Waals surface area contributed by atoms with Gasteiger partial charge in [-0.2, -0.15) is 0 Å². The van der Waals surface area contributed by atoms with E-state index in [1.807, 2.05) is 41.1 Å². The lowest BCUT2D eigenvalue weighted by Crippen LogP contribution is -2.31. The number of halogens is 1. The average molecular weight is 466 g/mol. The van der Waals surface area contributed by atoms with E-state index in [-0.39, 0.29) is 11.3 Å². The predicted molar refractivity (Wildman–Crippen MR) is 116 cm³/mol. The van der Waals surface area contributed by atoms with Crippen molar-refractivity contribution >= 4 is 33.4 Å². The molecule has 0 spiro atoms. The van der Waals surface area contributed by atoms with Crippen LogP contribution in [0.4, 0.5) is 0 Å². The summed E-state index contributed by atoms with van der Waals surface area (Å²) >= 11 is 3.42. The zero-order valence-corrected chi connectivity index (χ0v) is 17.7. The zero-order valence-electron chi connectivity index (χ0n) is 16.1. The smallest absolute Gasteiger partial charge is 0.295 e. The SMILES string of the molecule is O=C1C(=O)N(CCCn2ccnc2)C(c2ccc(Br)cc2)/C1=C(\O)c1ccccc1. The molecule has 0 radical (unpaired) electrons. The second-order valence-electron chi connectivity index (χ2n) is 7.06. The molecular weight excluding hydrogens is 446 g/mol. The molecule has 1 aliphatic rings. The van der Waals surface area contributed by atoms with Crippen molar-refractivity contribution in [2.45, 2.75) is 19.0 Å². The highest BCUT2D eigenvalue weighted by atomic mass is 79.9. The fourth-order valence-corrected chi connectivity index (χ4v) is 3.96. The Balaban J connectivity index is 1.72. The number of hydrogen-bond donors (Lipinski definition) is 1. The van der Waals surface area contributed by atoms with Gasteiger partial charge in [-0.3, -0.25) is 9.59 Å². The van der Waals surface area contributed by atoms with Crippen molar-refractivity contribution in [2.24, 2.45) is 0 Å². The molecule has 1 saturated heterocycles. The zero-order chi connectivity index (χ0) is 21.1. The number of hydrogen-bond acceptors (Lipinski definition) is 4. The highest BCUT2D eigenvalue weighted by molar-refractivity contribution is 9.10. The maximum Gasteiger partial charge on any atom is 0.295 e. The summed E-state index contributed by atoms with van der Waals surface area (Å²) in [6.07, 6.45) is 5.93. The van der Waals surface area contributed by atoms with Crippen molar-refractivity contribution in [3.8, 4) is 0 Å². The lowest BCUT2D eigenvalue weighted by Gasteiger charge is -2.25. The Kier molecular flexibility index (Phi) is 5.81. The molecule has 1 amide bonds. The Morgan fingerprint density at radius 3 is 2.43 bits per heavy atom. The van der Waals surface area contributed by atoms with Gasteiger partial charge in [0, 0.05) is 35.5 Å². The van der Waals surface area contributed by atoms with E-state index >= 15 is 0 Å². The number of benzene rings is 2. The van der Waals surface area contributed by atoms with E-state index in [2.05, 4.69) is 20.9 Å². The van der Waals surface area contributed by atoms with E-state index in [1.165, 1.54) is 0 Å². The van der Waals surface area contributed by atoms with Gasteiger partial charge >= 0.3 is 0 Å². The van der Waals surface area contributed by atoms with E-state index in [0.29, 0.717) is 25.1 Å². The standard InChI is InChI=1S/C23H20BrN3O3/c24-18-9-7-16(8-10-18)20-19(21(28)17-5-2-1-3-6-17)22(29)23(30)27(20)13-4-12-26-14-11-25-15-26/h1-3,5-11,14-15,20,28H,4,12-13H2/b21-19+.